The van der Waals surface area contributed by atoms with Gasteiger partial charge in [0.25, 0.3) is 0 Å². The number of likely N-dealkylation sites (N-methyl/N-ethyl adjacent to an activating group) is 1. The van der Waals surface area contributed by atoms with Gasteiger partial charge in [-0.2, -0.15) is 0 Å². The summed E-state index contributed by atoms with van der Waals surface area (Å²) in [6.45, 7) is 7.78. The van der Waals surface area contributed by atoms with Crippen LogP contribution in [0.3, 0.4) is 0 Å². The summed E-state index contributed by atoms with van der Waals surface area (Å²) in [5.74, 6) is 0.773. The smallest absolute Gasteiger partial charge is 0.239 e. The van der Waals surface area contributed by atoms with Crippen molar-refractivity contribution in [2.45, 2.75) is 46.1 Å². The second-order valence-electron chi connectivity index (χ2n) is 5.54. The third-order valence-corrected chi connectivity index (χ3v) is 4.04. The van der Waals surface area contributed by atoms with Gasteiger partial charge in [0.2, 0.25) is 5.91 Å². The second-order valence-corrected chi connectivity index (χ2v) is 5.54. The first-order valence-electron chi connectivity index (χ1n) is 7.84. The van der Waals surface area contributed by atoms with Gasteiger partial charge in [0, 0.05) is 13.1 Å². The van der Waals surface area contributed by atoms with Crippen molar-refractivity contribution in [3.05, 3.63) is 29.8 Å². The third kappa shape index (κ3) is 5.38. The van der Waals surface area contributed by atoms with Crippen molar-refractivity contribution in [3.63, 3.8) is 0 Å². The van der Waals surface area contributed by atoms with Gasteiger partial charge in [-0.1, -0.05) is 38.8 Å². The van der Waals surface area contributed by atoms with Crippen molar-refractivity contribution >= 4 is 5.91 Å². The summed E-state index contributed by atoms with van der Waals surface area (Å²) in [7, 11) is 0. The molecule has 0 heterocycles. The van der Waals surface area contributed by atoms with Gasteiger partial charge in [-0.3, -0.25) is 4.79 Å². The molecule has 118 valence electrons. The van der Waals surface area contributed by atoms with E-state index < -0.39 is 6.04 Å². The summed E-state index contributed by atoms with van der Waals surface area (Å²) >= 11 is 0. The van der Waals surface area contributed by atoms with E-state index in [-0.39, 0.29) is 11.7 Å². The zero-order valence-corrected chi connectivity index (χ0v) is 13.4. The summed E-state index contributed by atoms with van der Waals surface area (Å²) < 4.78 is 0. The summed E-state index contributed by atoms with van der Waals surface area (Å²) in [4.78, 5) is 14.3. The highest BCUT2D eigenvalue weighted by molar-refractivity contribution is 5.82. The van der Waals surface area contributed by atoms with Crippen LogP contribution in [-0.2, 0) is 11.2 Å². The summed E-state index contributed by atoms with van der Waals surface area (Å²) in [6, 6.07) is 6.32. The number of carbonyl (C=O) groups excluding carboxylic acids is 1. The zero-order valence-electron chi connectivity index (χ0n) is 13.4. The topological polar surface area (TPSA) is 66.6 Å². The van der Waals surface area contributed by atoms with Crippen LogP contribution < -0.4 is 5.73 Å². The largest absolute Gasteiger partial charge is 0.508 e. The molecule has 0 aliphatic carbocycles. The lowest BCUT2D eigenvalue weighted by atomic mass is 10.0. The summed E-state index contributed by atoms with van der Waals surface area (Å²) in [5, 5.41) is 9.27. The van der Waals surface area contributed by atoms with Gasteiger partial charge in [0.15, 0.2) is 0 Å². The van der Waals surface area contributed by atoms with Crippen LogP contribution in [0.15, 0.2) is 24.3 Å². The fourth-order valence-corrected chi connectivity index (χ4v) is 2.44. The van der Waals surface area contributed by atoms with Crippen molar-refractivity contribution in [1.29, 1.82) is 0 Å². The van der Waals surface area contributed by atoms with Crippen molar-refractivity contribution in [1.82, 2.24) is 4.90 Å². The number of amides is 1. The van der Waals surface area contributed by atoms with E-state index in [1.54, 1.807) is 24.3 Å². The first kappa shape index (κ1) is 17.5. The van der Waals surface area contributed by atoms with Gasteiger partial charge in [-0.05, 0) is 37.0 Å². The third-order valence-electron chi connectivity index (χ3n) is 4.04. The molecule has 4 nitrogen and oxygen atoms in total. The van der Waals surface area contributed by atoms with Crippen LogP contribution in [0.1, 0.15) is 39.2 Å². The van der Waals surface area contributed by atoms with Crippen molar-refractivity contribution in [2.75, 3.05) is 13.1 Å². The number of aromatic hydroxyl groups is 1. The molecule has 0 bridgehead atoms. The van der Waals surface area contributed by atoms with Gasteiger partial charge >= 0.3 is 0 Å². The van der Waals surface area contributed by atoms with E-state index in [2.05, 4.69) is 13.8 Å². The normalized spacial score (nSPS) is 12.4. The maximum atomic E-state index is 12.5. The molecule has 0 saturated heterocycles. The van der Waals surface area contributed by atoms with Gasteiger partial charge in [-0.25, -0.2) is 0 Å². The van der Waals surface area contributed by atoms with Crippen molar-refractivity contribution < 1.29 is 9.90 Å². The summed E-state index contributed by atoms with van der Waals surface area (Å²) in [5.41, 5.74) is 7.03. The number of nitrogens with zero attached hydrogens (tertiary/aromatic N) is 1. The van der Waals surface area contributed by atoms with Crippen LogP contribution >= 0.6 is 0 Å². The molecule has 1 atom stereocenters. The SMILES string of the molecule is CCC(CC)CN(CC)C(=O)[C@H](N)Cc1ccc(O)cc1. The Morgan fingerprint density at radius 3 is 2.24 bits per heavy atom. The molecule has 0 radical (unpaired) electrons. The Kier molecular flexibility index (Phi) is 7.23. The molecular weight excluding hydrogens is 264 g/mol. The first-order valence-corrected chi connectivity index (χ1v) is 7.84. The predicted octanol–water partition coefficient (Wildman–Crippen LogP) is 2.55. The Morgan fingerprint density at radius 2 is 1.76 bits per heavy atom. The second kappa shape index (κ2) is 8.67. The number of nitrogens with two attached hydrogens (primary N) is 1. The first-order chi connectivity index (χ1) is 10.0. The molecule has 0 fully saturated rings. The molecule has 1 amide bonds. The van der Waals surface area contributed by atoms with E-state index >= 15 is 0 Å². The maximum absolute atomic E-state index is 12.5. The Bertz CT molecular complexity index is 427. The van der Waals surface area contributed by atoms with Crippen LogP contribution in [0.25, 0.3) is 0 Å². The van der Waals surface area contributed by atoms with E-state index in [1.807, 2.05) is 11.8 Å². The predicted molar refractivity (Wildman–Crippen MR) is 86.1 cm³/mol. The molecular formula is C17H28N2O2. The van der Waals surface area contributed by atoms with Gasteiger partial charge in [-0.15, -0.1) is 0 Å². The number of carbonyl (C=O) groups is 1. The van der Waals surface area contributed by atoms with E-state index in [0.717, 1.165) is 24.9 Å². The Hall–Kier alpha value is -1.55. The van der Waals surface area contributed by atoms with Crippen molar-refractivity contribution in [2.24, 2.45) is 11.7 Å². The van der Waals surface area contributed by atoms with Crippen molar-refractivity contribution in [3.8, 4) is 5.75 Å². The van der Waals surface area contributed by atoms with Crippen LogP contribution in [0, 0.1) is 5.92 Å². The number of hydrogen-bond donors (Lipinski definition) is 2. The fraction of sp³-hybridized carbons (Fsp3) is 0.588. The van der Waals surface area contributed by atoms with Crippen LogP contribution in [0.2, 0.25) is 0 Å². The molecule has 0 saturated carbocycles. The average molecular weight is 292 g/mol. The van der Waals surface area contributed by atoms with Gasteiger partial charge < -0.3 is 15.7 Å². The summed E-state index contributed by atoms with van der Waals surface area (Å²) in [6.07, 6.45) is 2.65. The molecule has 1 aromatic carbocycles. The molecule has 4 heteroatoms. The van der Waals surface area contributed by atoms with Gasteiger partial charge in [0.05, 0.1) is 6.04 Å². The Morgan fingerprint density at radius 1 is 1.19 bits per heavy atom. The number of phenols is 1. The van der Waals surface area contributed by atoms with Crippen LogP contribution in [0.4, 0.5) is 0 Å². The minimum atomic E-state index is -0.524. The van der Waals surface area contributed by atoms with Crippen LogP contribution in [0.5, 0.6) is 5.75 Å². The van der Waals surface area contributed by atoms with E-state index in [0.29, 0.717) is 18.9 Å². The lowest BCUT2D eigenvalue weighted by Crippen LogP contribution is -2.46. The number of rotatable bonds is 8. The van der Waals surface area contributed by atoms with E-state index in [4.69, 9.17) is 5.73 Å². The quantitative estimate of drug-likeness (QED) is 0.774. The minimum Gasteiger partial charge on any atom is -0.508 e. The van der Waals surface area contributed by atoms with E-state index in [9.17, 15) is 9.90 Å². The fourth-order valence-electron chi connectivity index (χ4n) is 2.44. The molecule has 3 N–H and O–H groups in total. The standard InChI is InChI=1S/C17H28N2O2/c1-4-13(5-2)12-19(6-3)17(21)16(18)11-14-7-9-15(20)10-8-14/h7-10,13,16,20H,4-6,11-12,18H2,1-3H3/t16-/m1/s1. The molecule has 0 aliphatic heterocycles. The van der Waals surface area contributed by atoms with Gasteiger partial charge in [0.1, 0.15) is 5.75 Å². The van der Waals surface area contributed by atoms with E-state index in [1.165, 1.54) is 0 Å². The Labute approximate surface area is 128 Å². The molecule has 0 unspecified atom stereocenters. The minimum absolute atomic E-state index is 0.0116. The average Bonchev–Trinajstić information content (AvgIpc) is 2.50. The highest BCUT2D eigenvalue weighted by Crippen LogP contribution is 2.13. The highest BCUT2D eigenvalue weighted by Gasteiger charge is 2.22. The maximum Gasteiger partial charge on any atom is 0.239 e. The zero-order chi connectivity index (χ0) is 15.8. The molecule has 1 aromatic rings. The lowest BCUT2D eigenvalue weighted by Gasteiger charge is -2.28. The van der Waals surface area contributed by atoms with Crippen LogP contribution in [-0.4, -0.2) is 35.0 Å². The molecule has 21 heavy (non-hydrogen) atoms. The molecule has 0 aromatic heterocycles. The Balaban J connectivity index is 2.64. The molecule has 0 aliphatic rings. The molecule has 1 rings (SSSR count). The molecule has 0 spiro atoms. The number of hydrogen-bond acceptors (Lipinski definition) is 3. The highest BCUT2D eigenvalue weighted by atomic mass is 16.3. The number of phenolic OH excluding ortho intramolecular Hbond substituents is 1. The monoisotopic (exact) mass is 292 g/mol. The number of benzene rings is 1. The lowest BCUT2D eigenvalue weighted by molar-refractivity contribution is -0.133.